The Morgan fingerprint density at radius 3 is 2.42 bits per heavy atom. The van der Waals surface area contributed by atoms with E-state index in [-0.39, 0.29) is 13.2 Å². The summed E-state index contributed by atoms with van der Waals surface area (Å²) in [5.41, 5.74) is 0. The molecule has 0 radical (unpaired) electrons. The van der Waals surface area contributed by atoms with Gasteiger partial charge in [0.1, 0.15) is 0 Å². The van der Waals surface area contributed by atoms with Crippen molar-refractivity contribution in [2.24, 2.45) is 0 Å². The number of carboxylic acid groups (broad SMARTS) is 1. The number of amides is 1. The summed E-state index contributed by atoms with van der Waals surface area (Å²) in [6.07, 6.45) is -4.57. The van der Waals surface area contributed by atoms with Crippen LogP contribution in [0, 0.1) is 0 Å². The number of carboxylic acids is 1. The van der Waals surface area contributed by atoms with Crippen LogP contribution in [0.1, 0.15) is 6.92 Å². The first-order valence-electron chi connectivity index (χ1n) is 5.46. The standard InChI is InChI=1S/C10H17F3N2O4/c1-7(9(18)14-3-4-19-2)15(5-8(16)17)6-10(11,12)13/h7H,3-6H2,1-2H3,(H,14,18)(H,16,17). The van der Waals surface area contributed by atoms with Crippen LogP contribution in [0.15, 0.2) is 0 Å². The third-order valence-corrected chi connectivity index (χ3v) is 2.25. The molecule has 0 saturated heterocycles. The molecule has 0 rings (SSSR count). The Labute approximate surface area is 108 Å². The zero-order valence-electron chi connectivity index (χ0n) is 10.7. The quantitative estimate of drug-likeness (QED) is 0.618. The van der Waals surface area contributed by atoms with Crippen LogP contribution in [-0.4, -0.2) is 67.5 Å². The van der Waals surface area contributed by atoms with E-state index in [1.807, 2.05) is 0 Å². The maximum atomic E-state index is 12.3. The Hall–Kier alpha value is -1.35. The van der Waals surface area contributed by atoms with Gasteiger partial charge in [-0.3, -0.25) is 14.5 Å². The first kappa shape index (κ1) is 17.6. The van der Waals surface area contributed by atoms with Gasteiger partial charge in [-0.1, -0.05) is 0 Å². The molecular formula is C10H17F3N2O4. The summed E-state index contributed by atoms with van der Waals surface area (Å²) in [5.74, 6) is -2.11. The van der Waals surface area contributed by atoms with E-state index in [2.05, 4.69) is 10.1 Å². The van der Waals surface area contributed by atoms with E-state index in [0.29, 0.717) is 4.90 Å². The number of hydrogen-bond donors (Lipinski definition) is 2. The Morgan fingerprint density at radius 2 is 2.00 bits per heavy atom. The first-order chi connectivity index (χ1) is 8.67. The number of aliphatic carboxylic acids is 1. The number of alkyl halides is 3. The minimum atomic E-state index is -4.57. The van der Waals surface area contributed by atoms with Crippen LogP contribution >= 0.6 is 0 Å². The predicted octanol–water partition coefficient (Wildman–Crippen LogP) is 0.0864. The second-order valence-electron chi connectivity index (χ2n) is 3.87. The molecule has 6 nitrogen and oxygen atoms in total. The molecule has 0 aliphatic rings. The summed E-state index contributed by atoms with van der Waals surface area (Å²) < 4.78 is 41.6. The molecular weight excluding hydrogens is 269 g/mol. The average molecular weight is 286 g/mol. The lowest BCUT2D eigenvalue weighted by atomic mass is 10.2. The Bertz CT molecular complexity index is 310. The summed E-state index contributed by atoms with van der Waals surface area (Å²) >= 11 is 0. The zero-order valence-corrected chi connectivity index (χ0v) is 10.7. The molecule has 0 aromatic rings. The third kappa shape index (κ3) is 8.38. The summed E-state index contributed by atoms with van der Waals surface area (Å²) in [6, 6.07) is -1.20. The van der Waals surface area contributed by atoms with Gasteiger partial charge < -0.3 is 15.2 Å². The van der Waals surface area contributed by atoms with Crippen molar-refractivity contribution in [3.8, 4) is 0 Å². The number of halogens is 3. The van der Waals surface area contributed by atoms with E-state index in [1.165, 1.54) is 14.0 Å². The monoisotopic (exact) mass is 286 g/mol. The van der Waals surface area contributed by atoms with Crippen LogP contribution in [0.3, 0.4) is 0 Å². The van der Waals surface area contributed by atoms with Gasteiger partial charge in [0.25, 0.3) is 0 Å². The van der Waals surface area contributed by atoms with Gasteiger partial charge >= 0.3 is 12.1 Å². The summed E-state index contributed by atoms with van der Waals surface area (Å²) in [5, 5.41) is 10.9. The number of ether oxygens (including phenoxy) is 1. The molecule has 0 heterocycles. The molecule has 9 heteroatoms. The second-order valence-corrected chi connectivity index (χ2v) is 3.87. The second kappa shape index (κ2) is 7.95. The van der Waals surface area contributed by atoms with Gasteiger partial charge in [0.2, 0.25) is 5.91 Å². The van der Waals surface area contributed by atoms with E-state index < -0.39 is 37.2 Å². The van der Waals surface area contributed by atoms with Gasteiger partial charge in [-0.2, -0.15) is 13.2 Å². The minimum Gasteiger partial charge on any atom is -0.480 e. The van der Waals surface area contributed by atoms with Crippen molar-refractivity contribution in [3.63, 3.8) is 0 Å². The summed E-state index contributed by atoms with van der Waals surface area (Å²) in [4.78, 5) is 22.6. The van der Waals surface area contributed by atoms with Crippen LogP contribution in [0.2, 0.25) is 0 Å². The number of nitrogens with zero attached hydrogens (tertiary/aromatic N) is 1. The highest BCUT2D eigenvalue weighted by atomic mass is 19.4. The van der Waals surface area contributed by atoms with E-state index in [0.717, 1.165) is 0 Å². The maximum Gasteiger partial charge on any atom is 0.401 e. The zero-order chi connectivity index (χ0) is 15.1. The van der Waals surface area contributed by atoms with Crippen LogP contribution in [-0.2, 0) is 14.3 Å². The number of carbonyl (C=O) groups is 2. The molecule has 2 N–H and O–H groups in total. The van der Waals surface area contributed by atoms with Gasteiger partial charge in [0, 0.05) is 13.7 Å². The fourth-order valence-electron chi connectivity index (χ4n) is 1.32. The highest BCUT2D eigenvalue weighted by molar-refractivity contribution is 5.82. The largest absolute Gasteiger partial charge is 0.480 e. The maximum absolute atomic E-state index is 12.3. The molecule has 0 aromatic carbocycles. The van der Waals surface area contributed by atoms with Crippen molar-refractivity contribution in [2.45, 2.75) is 19.1 Å². The number of rotatable bonds is 8. The Balaban J connectivity index is 4.56. The van der Waals surface area contributed by atoms with E-state index in [1.54, 1.807) is 0 Å². The summed E-state index contributed by atoms with van der Waals surface area (Å²) in [7, 11) is 1.41. The van der Waals surface area contributed by atoms with Crippen molar-refractivity contribution >= 4 is 11.9 Å². The smallest absolute Gasteiger partial charge is 0.401 e. The van der Waals surface area contributed by atoms with Crippen molar-refractivity contribution in [1.29, 1.82) is 0 Å². The molecule has 0 saturated carbocycles. The number of hydrogen-bond acceptors (Lipinski definition) is 4. The van der Waals surface area contributed by atoms with Crippen molar-refractivity contribution in [2.75, 3.05) is 33.4 Å². The lowest BCUT2D eigenvalue weighted by Gasteiger charge is -2.27. The lowest BCUT2D eigenvalue weighted by molar-refractivity contribution is -0.160. The SMILES string of the molecule is COCCNC(=O)C(C)N(CC(=O)O)CC(F)(F)F. The molecule has 0 aliphatic carbocycles. The fourth-order valence-corrected chi connectivity index (χ4v) is 1.32. The molecule has 0 aliphatic heterocycles. The molecule has 112 valence electrons. The third-order valence-electron chi connectivity index (χ3n) is 2.25. The molecule has 1 amide bonds. The molecule has 19 heavy (non-hydrogen) atoms. The van der Waals surface area contributed by atoms with E-state index >= 15 is 0 Å². The van der Waals surface area contributed by atoms with Gasteiger partial charge in [0.05, 0.1) is 25.7 Å². The average Bonchev–Trinajstić information content (AvgIpc) is 2.24. The number of nitrogens with one attached hydrogen (secondary N) is 1. The Kier molecular flexibility index (Phi) is 7.38. The van der Waals surface area contributed by atoms with Crippen molar-refractivity contribution < 1.29 is 32.6 Å². The minimum absolute atomic E-state index is 0.145. The van der Waals surface area contributed by atoms with E-state index in [4.69, 9.17) is 5.11 Å². The van der Waals surface area contributed by atoms with Crippen molar-refractivity contribution in [3.05, 3.63) is 0 Å². The lowest BCUT2D eigenvalue weighted by Crippen LogP contribution is -2.50. The van der Waals surface area contributed by atoms with E-state index in [9.17, 15) is 22.8 Å². The van der Waals surface area contributed by atoms with Crippen LogP contribution in [0.4, 0.5) is 13.2 Å². The van der Waals surface area contributed by atoms with Crippen LogP contribution in [0.5, 0.6) is 0 Å². The molecule has 0 aromatic heterocycles. The van der Waals surface area contributed by atoms with Gasteiger partial charge in [-0.15, -0.1) is 0 Å². The van der Waals surface area contributed by atoms with Gasteiger partial charge in [0.15, 0.2) is 0 Å². The van der Waals surface area contributed by atoms with Crippen molar-refractivity contribution in [1.82, 2.24) is 10.2 Å². The summed E-state index contributed by atoms with van der Waals surface area (Å²) in [6.45, 7) is -0.739. The number of carbonyl (C=O) groups excluding carboxylic acids is 1. The molecule has 0 fully saturated rings. The van der Waals surface area contributed by atoms with Crippen LogP contribution < -0.4 is 5.32 Å². The molecule has 0 spiro atoms. The Morgan fingerprint density at radius 1 is 1.42 bits per heavy atom. The highest BCUT2D eigenvalue weighted by Crippen LogP contribution is 2.17. The van der Waals surface area contributed by atoms with Gasteiger partial charge in [-0.25, -0.2) is 0 Å². The first-order valence-corrected chi connectivity index (χ1v) is 5.46. The fraction of sp³-hybridized carbons (Fsp3) is 0.800. The molecule has 1 atom stereocenters. The highest BCUT2D eigenvalue weighted by Gasteiger charge is 2.35. The van der Waals surface area contributed by atoms with Gasteiger partial charge in [-0.05, 0) is 6.92 Å². The molecule has 0 bridgehead atoms. The number of methoxy groups -OCH3 is 1. The normalized spacial score (nSPS) is 13.4. The predicted molar refractivity (Wildman–Crippen MR) is 59.6 cm³/mol. The van der Waals surface area contributed by atoms with Crippen LogP contribution in [0.25, 0.3) is 0 Å². The topological polar surface area (TPSA) is 78.9 Å². The molecule has 1 unspecified atom stereocenters.